The van der Waals surface area contributed by atoms with Gasteiger partial charge in [-0.2, -0.15) is 13.2 Å². The summed E-state index contributed by atoms with van der Waals surface area (Å²) < 4.78 is 43.9. The van der Waals surface area contributed by atoms with E-state index in [1.807, 2.05) is 19.1 Å². The van der Waals surface area contributed by atoms with Gasteiger partial charge in [0, 0.05) is 18.7 Å². The van der Waals surface area contributed by atoms with Crippen LogP contribution < -0.4 is 10.2 Å². The number of carbonyl (C=O) groups is 3. The Morgan fingerprint density at radius 1 is 1.13 bits per heavy atom. The highest BCUT2D eigenvalue weighted by atomic mass is 19.4. The molecular weight excluding hydrogens is 413 g/mol. The molecule has 1 atom stereocenters. The first-order valence-electron chi connectivity index (χ1n) is 9.71. The Balaban J connectivity index is 1.55. The number of nitrogens with zero attached hydrogens (tertiary/aromatic N) is 1. The average molecular weight is 434 g/mol. The number of hydrogen-bond donors (Lipinski definition) is 1. The number of hydrogen-bond acceptors (Lipinski definition) is 4. The van der Waals surface area contributed by atoms with Gasteiger partial charge >= 0.3 is 12.1 Å². The highest BCUT2D eigenvalue weighted by Gasteiger charge is 2.37. The van der Waals surface area contributed by atoms with E-state index in [0.717, 1.165) is 24.1 Å². The molecule has 2 aromatic rings. The van der Waals surface area contributed by atoms with Crippen LogP contribution in [0.25, 0.3) is 0 Å². The first-order chi connectivity index (χ1) is 14.7. The van der Waals surface area contributed by atoms with E-state index in [0.29, 0.717) is 5.69 Å². The molecule has 6 nitrogen and oxygen atoms in total. The number of ether oxygens (including phenoxy) is 1. The van der Waals surface area contributed by atoms with Gasteiger partial charge in [0.25, 0.3) is 5.91 Å². The summed E-state index contributed by atoms with van der Waals surface area (Å²) in [7, 11) is 0. The number of alkyl halides is 3. The molecule has 1 N–H and O–H groups in total. The zero-order valence-electron chi connectivity index (χ0n) is 16.7. The van der Waals surface area contributed by atoms with Crippen LogP contribution in [-0.2, 0) is 31.7 Å². The molecule has 1 fully saturated rings. The van der Waals surface area contributed by atoms with E-state index >= 15 is 0 Å². The van der Waals surface area contributed by atoms with Gasteiger partial charge in [0.15, 0.2) is 6.61 Å². The van der Waals surface area contributed by atoms with Gasteiger partial charge in [0.2, 0.25) is 5.91 Å². The summed E-state index contributed by atoms with van der Waals surface area (Å²) >= 11 is 0. The molecule has 1 aliphatic rings. The third kappa shape index (κ3) is 5.42. The van der Waals surface area contributed by atoms with Crippen molar-refractivity contribution >= 4 is 29.2 Å². The van der Waals surface area contributed by atoms with Gasteiger partial charge in [-0.05, 0) is 36.2 Å². The molecule has 0 aliphatic carbocycles. The SMILES string of the molecule is CCc1ccc(N2C[C@H](C(=O)OCC(=O)Nc3ccccc3C(F)(F)F)CC2=O)cc1. The minimum absolute atomic E-state index is 0.0626. The van der Waals surface area contributed by atoms with Crippen molar-refractivity contribution in [3.63, 3.8) is 0 Å². The van der Waals surface area contributed by atoms with Crippen LogP contribution in [0.2, 0.25) is 0 Å². The summed E-state index contributed by atoms with van der Waals surface area (Å²) in [6.45, 7) is 1.38. The third-order valence-electron chi connectivity index (χ3n) is 4.97. The van der Waals surface area contributed by atoms with Crippen LogP contribution in [0.4, 0.5) is 24.5 Å². The molecule has 31 heavy (non-hydrogen) atoms. The highest BCUT2D eigenvalue weighted by Crippen LogP contribution is 2.34. The van der Waals surface area contributed by atoms with Gasteiger partial charge in [-0.25, -0.2) is 0 Å². The normalized spacial score (nSPS) is 16.3. The van der Waals surface area contributed by atoms with E-state index in [2.05, 4.69) is 5.32 Å². The van der Waals surface area contributed by atoms with Crippen LogP contribution in [0.3, 0.4) is 0 Å². The zero-order valence-corrected chi connectivity index (χ0v) is 16.7. The Morgan fingerprint density at radius 2 is 1.81 bits per heavy atom. The first kappa shape index (κ1) is 22.3. The summed E-state index contributed by atoms with van der Waals surface area (Å²) in [5.74, 6) is -2.65. The van der Waals surface area contributed by atoms with Crippen LogP contribution in [0, 0.1) is 5.92 Å². The Labute approximate surface area is 177 Å². The summed E-state index contributed by atoms with van der Waals surface area (Å²) in [5.41, 5.74) is 0.359. The van der Waals surface area contributed by atoms with Gasteiger partial charge in [-0.1, -0.05) is 31.2 Å². The van der Waals surface area contributed by atoms with Crippen molar-refractivity contribution in [3.05, 3.63) is 59.7 Å². The smallest absolute Gasteiger partial charge is 0.418 e. The summed E-state index contributed by atoms with van der Waals surface area (Å²) in [4.78, 5) is 38.0. The summed E-state index contributed by atoms with van der Waals surface area (Å²) in [6.07, 6.45) is -3.84. The van der Waals surface area contributed by atoms with E-state index in [4.69, 9.17) is 4.74 Å². The molecule has 0 spiro atoms. The number of anilines is 2. The van der Waals surface area contributed by atoms with Crippen molar-refractivity contribution in [3.8, 4) is 0 Å². The molecule has 2 aromatic carbocycles. The number of para-hydroxylation sites is 1. The van der Waals surface area contributed by atoms with Crippen LogP contribution in [-0.4, -0.2) is 30.9 Å². The number of halogens is 3. The molecule has 164 valence electrons. The third-order valence-corrected chi connectivity index (χ3v) is 4.97. The van der Waals surface area contributed by atoms with Crippen molar-refractivity contribution < 1.29 is 32.3 Å². The number of amides is 2. The Kier molecular flexibility index (Phi) is 6.62. The lowest BCUT2D eigenvalue weighted by atomic mass is 10.1. The van der Waals surface area contributed by atoms with Crippen molar-refractivity contribution in [2.45, 2.75) is 25.9 Å². The van der Waals surface area contributed by atoms with Gasteiger partial charge in [-0.3, -0.25) is 14.4 Å². The second kappa shape index (κ2) is 9.20. The van der Waals surface area contributed by atoms with Crippen LogP contribution in [0.15, 0.2) is 48.5 Å². The van der Waals surface area contributed by atoms with E-state index in [1.165, 1.54) is 17.0 Å². The molecule has 1 heterocycles. The molecule has 0 bridgehead atoms. The number of carbonyl (C=O) groups excluding carboxylic acids is 3. The molecule has 2 amide bonds. The maximum Gasteiger partial charge on any atom is 0.418 e. The molecular formula is C22H21F3N2O4. The molecule has 0 radical (unpaired) electrons. The van der Waals surface area contributed by atoms with E-state index in [-0.39, 0.29) is 18.9 Å². The molecule has 0 unspecified atom stereocenters. The molecule has 1 aliphatic heterocycles. The minimum Gasteiger partial charge on any atom is -0.455 e. The van der Waals surface area contributed by atoms with Gasteiger partial charge in [0.1, 0.15) is 0 Å². The monoisotopic (exact) mass is 434 g/mol. The maximum atomic E-state index is 13.0. The molecule has 1 saturated heterocycles. The highest BCUT2D eigenvalue weighted by molar-refractivity contribution is 6.00. The van der Waals surface area contributed by atoms with Crippen LogP contribution in [0.5, 0.6) is 0 Å². The van der Waals surface area contributed by atoms with Crippen LogP contribution >= 0.6 is 0 Å². The lowest BCUT2D eigenvalue weighted by Gasteiger charge is -2.17. The maximum absolute atomic E-state index is 13.0. The number of aryl methyl sites for hydroxylation is 1. The predicted molar refractivity (Wildman–Crippen MR) is 107 cm³/mol. The van der Waals surface area contributed by atoms with Gasteiger partial charge in [0.05, 0.1) is 17.2 Å². The molecule has 0 aromatic heterocycles. The number of esters is 1. The van der Waals surface area contributed by atoms with Crippen molar-refractivity contribution in [1.29, 1.82) is 0 Å². The fourth-order valence-corrected chi connectivity index (χ4v) is 3.31. The van der Waals surface area contributed by atoms with Crippen LogP contribution in [0.1, 0.15) is 24.5 Å². The van der Waals surface area contributed by atoms with Crippen molar-refractivity contribution in [1.82, 2.24) is 0 Å². The van der Waals surface area contributed by atoms with Crippen molar-refractivity contribution in [2.24, 2.45) is 5.92 Å². The Morgan fingerprint density at radius 3 is 2.45 bits per heavy atom. The number of rotatable bonds is 6. The second-order valence-corrected chi connectivity index (χ2v) is 7.12. The van der Waals surface area contributed by atoms with Gasteiger partial charge < -0.3 is 15.0 Å². The van der Waals surface area contributed by atoms with Crippen molar-refractivity contribution in [2.75, 3.05) is 23.4 Å². The van der Waals surface area contributed by atoms with E-state index in [9.17, 15) is 27.6 Å². The standard InChI is InChI=1S/C22H21F3N2O4/c1-2-14-7-9-16(10-8-14)27-12-15(11-20(27)29)21(30)31-13-19(28)26-18-6-4-3-5-17(18)22(23,24)25/h3-10,15H,2,11-13H2,1H3,(H,26,28)/t15-/m1/s1. The first-order valence-corrected chi connectivity index (χ1v) is 9.71. The largest absolute Gasteiger partial charge is 0.455 e. The lowest BCUT2D eigenvalue weighted by Crippen LogP contribution is -2.28. The fourth-order valence-electron chi connectivity index (χ4n) is 3.31. The fraction of sp³-hybridized carbons (Fsp3) is 0.318. The molecule has 3 rings (SSSR count). The predicted octanol–water partition coefficient (Wildman–Crippen LogP) is 3.80. The number of benzene rings is 2. The summed E-state index contributed by atoms with van der Waals surface area (Å²) in [6, 6.07) is 11.9. The second-order valence-electron chi connectivity index (χ2n) is 7.12. The Bertz CT molecular complexity index is 973. The zero-order chi connectivity index (χ0) is 22.6. The quantitative estimate of drug-likeness (QED) is 0.702. The molecule has 0 saturated carbocycles. The average Bonchev–Trinajstić information content (AvgIpc) is 3.13. The van der Waals surface area contributed by atoms with Gasteiger partial charge in [-0.15, -0.1) is 0 Å². The lowest BCUT2D eigenvalue weighted by molar-refractivity contribution is -0.151. The van der Waals surface area contributed by atoms with E-state index < -0.39 is 41.8 Å². The minimum atomic E-state index is -4.64. The Hall–Kier alpha value is -3.36. The topological polar surface area (TPSA) is 75.7 Å². The molecule has 9 heteroatoms. The summed E-state index contributed by atoms with van der Waals surface area (Å²) in [5, 5.41) is 2.10. The number of nitrogens with one attached hydrogen (secondary N) is 1. The van der Waals surface area contributed by atoms with E-state index in [1.54, 1.807) is 12.1 Å².